The number of amides is 1. The van der Waals surface area contributed by atoms with E-state index in [1.807, 2.05) is 52.8 Å². The van der Waals surface area contributed by atoms with Gasteiger partial charge >= 0.3 is 0 Å². The monoisotopic (exact) mass is 391 g/mol. The summed E-state index contributed by atoms with van der Waals surface area (Å²) in [7, 11) is 0. The number of aryl methyl sites for hydroxylation is 3. The SMILES string of the molecule is Cc1cc(C)n(Cc2ccc(C(=O)N3CCCCC3CCn3cccn3)cc2)n1. The average Bonchev–Trinajstić information content (AvgIpc) is 3.36. The number of rotatable bonds is 6. The van der Waals surface area contributed by atoms with E-state index in [0.717, 1.165) is 61.4 Å². The predicted molar refractivity (Wildman–Crippen MR) is 113 cm³/mol. The van der Waals surface area contributed by atoms with Crippen molar-refractivity contribution in [3.05, 3.63) is 71.3 Å². The van der Waals surface area contributed by atoms with Crippen LogP contribution in [0.15, 0.2) is 48.8 Å². The number of likely N-dealkylation sites (tertiary alicyclic amines) is 1. The summed E-state index contributed by atoms with van der Waals surface area (Å²) in [5.41, 5.74) is 4.10. The lowest BCUT2D eigenvalue weighted by molar-refractivity contribution is 0.0594. The van der Waals surface area contributed by atoms with Gasteiger partial charge in [-0.2, -0.15) is 10.2 Å². The Bertz CT molecular complexity index is 942. The topological polar surface area (TPSA) is 56.0 Å². The van der Waals surface area contributed by atoms with Gasteiger partial charge in [0.1, 0.15) is 0 Å². The Balaban J connectivity index is 1.42. The van der Waals surface area contributed by atoms with Gasteiger partial charge < -0.3 is 4.90 Å². The second-order valence-electron chi connectivity index (χ2n) is 7.99. The maximum atomic E-state index is 13.2. The van der Waals surface area contributed by atoms with Crippen LogP contribution in [0, 0.1) is 13.8 Å². The molecule has 0 saturated carbocycles. The molecule has 0 radical (unpaired) electrons. The van der Waals surface area contributed by atoms with Crippen LogP contribution in [0.5, 0.6) is 0 Å². The third kappa shape index (κ3) is 4.58. The minimum absolute atomic E-state index is 0.146. The number of aromatic nitrogens is 4. The summed E-state index contributed by atoms with van der Waals surface area (Å²) in [4.78, 5) is 15.3. The van der Waals surface area contributed by atoms with Gasteiger partial charge in [0.25, 0.3) is 5.91 Å². The van der Waals surface area contributed by atoms with Crippen molar-refractivity contribution in [2.24, 2.45) is 0 Å². The first-order chi connectivity index (χ1) is 14.1. The average molecular weight is 392 g/mol. The third-order valence-electron chi connectivity index (χ3n) is 5.78. The van der Waals surface area contributed by atoms with Crippen LogP contribution in [-0.2, 0) is 13.1 Å². The van der Waals surface area contributed by atoms with Gasteiger partial charge in [-0.1, -0.05) is 12.1 Å². The zero-order chi connectivity index (χ0) is 20.2. The molecule has 1 aliphatic rings. The molecule has 1 amide bonds. The molecule has 3 aromatic rings. The second kappa shape index (κ2) is 8.64. The van der Waals surface area contributed by atoms with E-state index >= 15 is 0 Å². The van der Waals surface area contributed by atoms with Gasteiger partial charge in [-0.3, -0.25) is 14.2 Å². The van der Waals surface area contributed by atoms with Crippen molar-refractivity contribution in [1.29, 1.82) is 0 Å². The van der Waals surface area contributed by atoms with E-state index in [1.165, 1.54) is 6.42 Å². The molecule has 152 valence electrons. The van der Waals surface area contributed by atoms with Gasteiger partial charge in [0, 0.05) is 42.8 Å². The fourth-order valence-corrected chi connectivity index (χ4v) is 4.21. The molecule has 4 rings (SSSR count). The summed E-state index contributed by atoms with van der Waals surface area (Å²) >= 11 is 0. The Morgan fingerprint density at radius 1 is 1.17 bits per heavy atom. The van der Waals surface area contributed by atoms with Gasteiger partial charge in [-0.15, -0.1) is 0 Å². The molecule has 1 atom stereocenters. The van der Waals surface area contributed by atoms with Gasteiger partial charge in [0.05, 0.1) is 12.2 Å². The Hall–Kier alpha value is -2.89. The molecule has 2 aromatic heterocycles. The van der Waals surface area contributed by atoms with Crippen molar-refractivity contribution >= 4 is 5.91 Å². The number of hydrogen-bond acceptors (Lipinski definition) is 3. The highest BCUT2D eigenvalue weighted by molar-refractivity contribution is 5.94. The van der Waals surface area contributed by atoms with Crippen molar-refractivity contribution < 1.29 is 4.79 Å². The molecule has 1 aromatic carbocycles. The minimum Gasteiger partial charge on any atom is -0.336 e. The van der Waals surface area contributed by atoms with Crippen LogP contribution < -0.4 is 0 Å². The number of benzene rings is 1. The molecule has 29 heavy (non-hydrogen) atoms. The number of hydrogen-bond donors (Lipinski definition) is 0. The van der Waals surface area contributed by atoms with Crippen LogP contribution in [0.2, 0.25) is 0 Å². The molecule has 0 bridgehead atoms. The Morgan fingerprint density at radius 2 is 2.00 bits per heavy atom. The number of carbonyl (C=O) groups is 1. The van der Waals surface area contributed by atoms with Crippen molar-refractivity contribution in [1.82, 2.24) is 24.5 Å². The lowest BCUT2D eigenvalue weighted by Gasteiger charge is -2.36. The first kappa shape index (κ1) is 19.4. The number of nitrogens with zero attached hydrogens (tertiary/aromatic N) is 5. The molecule has 0 aliphatic carbocycles. The van der Waals surface area contributed by atoms with Crippen molar-refractivity contribution in [3.8, 4) is 0 Å². The maximum absolute atomic E-state index is 13.2. The molecule has 6 heteroatoms. The highest BCUT2D eigenvalue weighted by Gasteiger charge is 2.27. The van der Waals surface area contributed by atoms with E-state index in [-0.39, 0.29) is 11.9 Å². The van der Waals surface area contributed by atoms with Crippen LogP contribution in [0.25, 0.3) is 0 Å². The zero-order valence-corrected chi connectivity index (χ0v) is 17.3. The number of carbonyl (C=O) groups excluding carboxylic acids is 1. The third-order valence-corrected chi connectivity index (χ3v) is 5.78. The molecule has 1 unspecified atom stereocenters. The molecule has 1 fully saturated rings. The largest absolute Gasteiger partial charge is 0.336 e. The van der Waals surface area contributed by atoms with E-state index in [4.69, 9.17) is 0 Å². The lowest BCUT2D eigenvalue weighted by Crippen LogP contribution is -2.44. The predicted octanol–water partition coefficient (Wildman–Crippen LogP) is 3.83. The van der Waals surface area contributed by atoms with E-state index in [9.17, 15) is 4.79 Å². The van der Waals surface area contributed by atoms with Gasteiger partial charge in [0.15, 0.2) is 0 Å². The smallest absolute Gasteiger partial charge is 0.254 e. The molecule has 0 N–H and O–H groups in total. The molecule has 1 saturated heterocycles. The molecular weight excluding hydrogens is 362 g/mol. The fraction of sp³-hybridized carbons (Fsp3) is 0.435. The first-order valence-electron chi connectivity index (χ1n) is 10.5. The normalized spacial score (nSPS) is 16.9. The fourth-order valence-electron chi connectivity index (χ4n) is 4.21. The Labute approximate surface area is 172 Å². The number of piperidine rings is 1. The lowest BCUT2D eigenvalue weighted by atomic mass is 9.98. The maximum Gasteiger partial charge on any atom is 0.254 e. The summed E-state index contributed by atoms with van der Waals surface area (Å²) in [6.07, 6.45) is 8.08. The Kier molecular flexibility index (Phi) is 5.79. The van der Waals surface area contributed by atoms with Crippen molar-refractivity contribution in [2.45, 2.75) is 58.7 Å². The molecule has 3 heterocycles. The first-order valence-corrected chi connectivity index (χ1v) is 10.5. The summed E-state index contributed by atoms with van der Waals surface area (Å²) in [6, 6.07) is 12.3. The standard InChI is InChI=1S/C23H29N5O/c1-18-16-19(2)28(25-18)17-20-7-9-21(10-8-20)23(29)27-14-4-3-6-22(27)11-15-26-13-5-12-24-26/h5,7-10,12-13,16,22H,3-4,6,11,14-15,17H2,1-2H3. The van der Waals surface area contributed by atoms with E-state index in [1.54, 1.807) is 6.20 Å². The van der Waals surface area contributed by atoms with E-state index in [0.29, 0.717) is 0 Å². The summed E-state index contributed by atoms with van der Waals surface area (Å²) < 4.78 is 3.95. The van der Waals surface area contributed by atoms with Crippen LogP contribution in [-0.4, -0.2) is 43.0 Å². The Morgan fingerprint density at radius 3 is 2.69 bits per heavy atom. The molecular formula is C23H29N5O. The quantitative estimate of drug-likeness (QED) is 0.642. The molecule has 6 nitrogen and oxygen atoms in total. The van der Waals surface area contributed by atoms with Crippen LogP contribution in [0.1, 0.15) is 53.0 Å². The van der Waals surface area contributed by atoms with Crippen LogP contribution in [0.4, 0.5) is 0 Å². The molecule has 1 aliphatic heterocycles. The summed E-state index contributed by atoms with van der Waals surface area (Å²) in [5.74, 6) is 0.146. The van der Waals surface area contributed by atoms with E-state index in [2.05, 4.69) is 28.1 Å². The summed E-state index contributed by atoms with van der Waals surface area (Å²) in [6.45, 7) is 6.49. The van der Waals surface area contributed by atoms with Gasteiger partial charge in [-0.25, -0.2) is 0 Å². The zero-order valence-electron chi connectivity index (χ0n) is 17.3. The highest BCUT2D eigenvalue weighted by atomic mass is 16.2. The van der Waals surface area contributed by atoms with Crippen molar-refractivity contribution in [3.63, 3.8) is 0 Å². The molecule has 0 spiro atoms. The summed E-state index contributed by atoms with van der Waals surface area (Å²) in [5, 5.41) is 8.81. The van der Waals surface area contributed by atoms with Crippen molar-refractivity contribution in [2.75, 3.05) is 6.54 Å². The van der Waals surface area contributed by atoms with Crippen LogP contribution >= 0.6 is 0 Å². The van der Waals surface area contributed by atoms with E-state index < -0.39 is 0 Å². The highest BCUT2D eigenvalue weighted by Crippen LogP contribution is 2.23. The van der Waals surface area contributed by atoms with Gasteiger partial charge in [-0.05, 0) is 69.4 Å². The van der Waals surface area contributed by atoms with Gasteiger partial charge in [0.2, 0.25) is 0 Å². The minimum atomic E-state index is 0.146. The second-order valence-corrected chi connectivity index (χ2v) is 7.99. The van der Waals surface area contributed by atoms with Crippen LogP contribution in [0.3, 0.4) is 0 Å².